The Morgan fingerprint density at radius 3 is 2.06 bits per heavy atom. The van der Waals surface area contributed by atoms with Gasteiger partial charge in [-0.3, -0.25) is 5.32 Å². The van der Waals surface area contributed by atoms with Gasteiger partial charge >= 0.3 is 0 Å². The van der Waals surface area contributed by atoms with Gasteiger partial charge in [0.05, 0.1) is 0 Å². The van der Waals surface area contributed by atoms with E-state index < -0.39 is 5.72 Å². The number of hydrogen-bond donors (Lipinski definition) is 4. The molecule has 0 aliphatic rings. The van der Waals surface area contributed by atoms with Gasteiger partial charge in [-0.05, 0) is 54.3 Å². The van der Waals surface area contributed by atoms with Gasteiger partial charge in [0.25, 0.3) is 0 Å². The van der Waals surface area contributed by atoms with E-state index in [0.29, 0.717) is 12.1 Å². The van der Waals surface area contributed by atoms with E-state index in [9.17, 15) is 5.11 Å². The van der Waals surface area contributed by atoms with Crippen LogP contribution in [0.4, 0.5) is 0 Å². The minimum atomic E-state index is -0.740. The van der Waals surface area contributed by atoms with Gasteiger partial charge in [0.1, 0.15) is 5.72 Å². The molecule has 3 atom stereocenters. The third kappa shape index (κ3) is 6.43. The Labute approximate surface area is 100 Å². The molecular formula is C12H29N3O. The molecule has 4 heteroatoms. The lowest BCUT2D eigenvalue weighted by atomic mass is 9.97. The second-order valence-corrected chi connectivity index (χ2v) is 4.76. The summed E-state index contributed by atoms with van der Waals surface area (Å²) < 4.78 is 0. The van der Waals surface area contributed by atoms with E-state index in [-0.39, 0.29) is 0 Å². The van der Waals surface area contributed by atoms with E-state index in [2.05, 4.69) is 29.8 Å². The fraction of sp³-hybridized carbons (Fsp3) is 1.00. The summed E-state index contributed by atoms with van der Waals surface area (Å²) in [5.41, 5.74) is -0.740. The fourth-order valence-corrected chi connectivity index (χ4v) is 1.78. The molecule has 0 aliphatic heterocycles. The zero-order valence-corrected chi connectivity index (χ0v) is 11.4. The Bertz CT molecular complexity index is 178. The highest BCUT2D eigenvalue weighted by molar-refractivity contribution is 4.79. The average molecular weight is 231 g/mol. The molecule has 3 unspecified atom stereocenters. The fourth-order valence-electron chi connectivity index (χ4n) is 1.78. The molecular weight excluding hydrogens is 202 g/mol. The van der Waals surface area contributed by atoms with Crippen molar-refractivity contribution < 1.29 is 5.11 Å². The number of hydrogen-bond acceptors (Lipinski definition) is 4. The lowest BCUT2D eigenvalue weighted by molar-refractivity contribution is -0.0131. The van der Waals surface area contributed by atoms with Crippen molar-refractivity contribution in [3.8, 4) is 0 Å². The summed E-state index contributed by atoms with van der Waals surface area (Å²) in [6.07, 6.45) is 3.64. The van der Waals surface area contributed by atoms with E-state index in [0.717, 1.165) is 25.7 Å². The van der Waals surface area contributed by atoms with Crippen LogP contribution in [0.1, 0.15) is 39.5 Å². The maximum absolute atomic E-state index is 10.3. The van der Waals surface area contributed by atoms with Crippen LogP contribution in [0.3, 0.4) is 0 Å². The van der Waals surface area contributed by atoms with Crippen LogP contribution < -0.4 is 16.0 Å². The maximum atomic E-state index is 10.3. The van der Waals surface area contributed by atoms with Crippen molar-refractivity contribution in [1.29, 1.82) is 0 Å². The van der Waals surface area contributed by atoms with Gasteiger partial charge in [-0.1, -0.05) is 0 Å². The lowest BCUT2D eigenvalue weighted by Crippen LogP contribution is -2.47. The summed E-state index contributed by atoms with van der Waals surface area (Å²) in [4.78, 5) is 0. The molecule has 0 bridgehead atoms. The predicted octanol–water partition coefficient (Wildman–Crippen LogP) is 0.671. The topological polar surface area (TPSA) is 56.3 Å². The number of aliphatic hydroxyl groups is 1. The van der Waals surface area contributed by atoms with Gasteiger partial charge in [0.15, 0.2) is 0 Å². The molecule has 0 aliphatic carbocycles. The van der Waals surface area contributed by atoms with Crippen LogP contribution >= 0.6 is 0 Å². The Hall–Kier alpha value is -0.160. The molecule has 4 N–H and O–H groups in total. The average Bonchev–Trinajstić information content (AvgIpc) is 2.28. The molecule has 0 amide bonds. The zero-order valence-electron chi connectivity index (χ0n) is 11.4. The van der Waals surface area contributed by atoms with Crippen molar-refractivity contribution in [2.24, 2.45) is 0 Å². The smallest absolute Gasteiger partial charge is 0.117 e. The number of nitrogens with one attached hydrogen (secondary N) is 3. The van der Waals surface area contributed by atoms with Crippen molar-refractivity contribution in [2.75, 3.05) is 21.1 Å². The molecule has 4 nitrogen and oxygen atoms in total. The Balaban J connectivity index is 3.96. The van der Waals surface area contributed by atoms with E-state index in [1.54, 1.807) is 0 Å². The molecule has 0 radical (unpaired) electrons. The first-order valence-electron chi connectivity index (χ1n) is 6.23. The van der Waals surface area contributed by atoms with Crippen molar-refractivity contribution in [3.05, 3.63) is 0 Å². The SMILES string of the molecule is CNC(C)CCCC(O)(CC(C)NC)NC. The van der Waals surface area contributed by atoms with Gasteiger partial charge in [-0.2, -0.15) is 0 Å². The van der Waals surface area contributed by atoms with E-state index in [1.807, 2.05) is 21.1 Å². The lowest BCUT2D eigenvalue weighted by Gasteiger charge is -2.30. The molecule has 0 spiro atoms. The first-order valence-corrected chi connectivity index (χ1v) is 6.23. The highest BCUT2D eigenvalue weighted by Crippen LogP contribution is 2.17. The van der Waals surface area contributed by atoms with Crippen molar-refractivity contribution in [2.45, 2.75) is 57.3 Å². The largest absolute Gasteiger partial charge is 0.376 e. The highest BCUT2D eigenvalue weighted by atomic mass is 16.3. The minimum Gasteiger partial charge on any atom is -0.376 e. The Morgan fingerprint density at radius 2 is 1.62 bits per heavy atom. The zero-order chi connectivity index (χ0) is 12.6. The summed E-state index contributed by atoms with van der Waals surface area (Å²) in [7, 11) is 5.71. The second-order valence-electron chi connectivity index (χ2n) is 4.76. The van der Waals surface area contributed by atoms with Gasteiger partial charge in [-0.15, -0.1) is 0 Å². The third-order valence-electron chi connectivity index (χ3n) is 3.32. The highest BCUT2D eigenvalue weighted by Gasteiger charge is 2.26. The van der Waals surface area contributed by atoms with Crippen molar-refractivity contribution in [1.82, 2.24) is 16.0 Å². The normalized spacial score (nSPS) is 19.1. The molecule has 0 aromatic carbocycles. The van der Waals surface area contributed by atoms with Gasteiger partial charge in [0, 0.05) is 18.5 Å². The monoisotopic (exact) mass is 231 g/mol. The predicted molar refractivity (Wildman–Crippen MR) is 69.5 cm³/mol. The maximum Gasteiger partial charge on any atom is 0.117 e. The molecule has 0 fully saturated rings. The van der Waals surface area contributed by atoms with E-state index >= 15 is 0 Å². The summed E-state index contributed by atoms with van der Waals surface area (Å²) in [5, 5.41) is 19.7. The molecule has 0 aromatic heterocycles. The molecule has 98 valence electrons. The van der Waals surface area contributed by atoms with Gasteiger partial charge < -0.3 is 15.7 Å². The summed E-state index contributed by atoms with van der Waals surface area (Å²) in [6.45, 7) is 4.24. The molecule has 16 heavy (non-hydrogen) atoms. The van der Waals surface area contributed by atoms with E-state index in [4.69, 9.17) is 0 Å². The van der Waals surface area contributed by atoms with Crippen LogP contribution in [0.2, 0.25) is 0 Å². The molecule has 0 heterocycles. The van der Waals surface area contributed by atoms with Crippen LogP contribution in [-0.2, 0) is 0 Å². The Morgan fingerprint density at radius 1 is 1.06 bits per heavy atom. The van der Waals surface area contributed by atoms with Crippen LogP contribution in [0.15, 0.2) is 0 Å². The van der Waals surface area contributed by atoms with Crippen LogP contribution in [0.25, 0.3) is 0 Å². The van der Waals surface area contributed by atoms with Crippen LogP contribution in [-0.4, -0.2) is 44.1 Å². The summed E-state index contributed by atoms with van der Waals surface area (Å²) in [5.74, 6) is 0. The quantitative estimate of drug-likeness (QED) is 0.441. The first kappa shape index (κ1) is 15.8. The Kier molecular flexibility index (Phi) is 7.93. The molecule has 0 saturated carbocycles. The summed E-state index contributed by atoms with van der Waals surface area (Å²) in [6, 6.07) is 0.835. The van der Waals surface area contributed by atoms with Crippen LogP contribution in [0.5, 0.6) is 0 Å². The first-order chi connectivity index (χ1) is 7.47. The molecule has 0 aromatic rings. The number of rotatable bonds is 9. The van der Waals surface area contributed by atoms with Gasteiger partial charge in [-0.25, -0.2) is 0 Å². The van der Waals surface area contributed by atoms with Gasteiger partial charge in [0.2, 0.25) is 0 Å². The summed E-state index contributed by atoms with van der Waals surface area (Å²) >= 11 is 0. The molecule has 0 rings (SSSR count). The minimum absolute atomic E-state index is 0.319. The second kappa shape index (κ2) is 8.01. The third-order valence-corrected chi connectivity index (χ3v) is 3.32. The molecule has 0 saturated heterocycles. The standard InChI is InChI=1S/C12H29N3O/c1-10(13-3)7-6-8-12(16,15-5)9-11(2)14-4/h10-11,13-16H,6-9H2,1-5H3. The van der Waals surface area contributed by atoms with Crippen molar-refractivity contribution >= 4 is 0 Å². The van der Waals surface area contributed by atoms with Crippen LogP contribution in [0, 0.1) is 0 Å². The van der Waals surface area contributed by atoms with Crippen molar-refractivity contribution in [3.63, 3.8) is 0 Å². The van der Waals surface area contributed by atoms with E-state index in [1.165, 1.54) is 0 Å².